The molecule has 0 spiro atoms. The zero-order valence-electron chi connectivity index (χ0n) is 9.06. The van der Waals surface area contributed by atoms with Gasteiger partial charge in [-0.1, -0.05) is 0 Å². The van der Waals surface area contributed by atoms with Gasteiger partial charge in [-0.15, -0.1) is 0 Å². The van der Waals surface area contributed by atoms with Crippen molar-refractivity contribution in [1.29, 1.82) is 10.5 Å². The summed E-state index contributed by atoms with van der Waals surface area (Å²) in [5.41, 5.74) is 1.71. The summed E-state index contributed by atoms with van der Waals surface area (Å²) in [7, 11) is 0. The van der Waals surface area contributed by atoms with Crippen molar-refractivity contribution in [3.05, 3.63) is 29.8 Å². The molecule has 1 atom stereocenters. The van der Waals surface area contributed by atoms with Crippen LogP contribution in [0.4, 0.5) is 5.69 Å². The monoisotopic (exact) mass is 211 g/mol. The number of hydrogen-bond donors (Lipinski definition) is 0. The van der Waals surface area contributed by atoms with Gasteiger partial charge in [0.15, 0.2) is 0 Å². The quantitative estimate of drug-likeness (QED) is 0.716. The van der Waals surface area contributed by atoms with Crippen molar-refractivity contribution in [2.45, 2.75) is 25.3 Å². The molecule has 0 N–H and O–H groups in total. The highest BCUT2D eigenvalue weighted by molar-refractivity contribution is 5.51. The molecule has 0 bridgehead atoms. The van der Waals surface area contributed by atoms with Crippen LogP contribution in [0.25, 0.3) is 0 Å². The first-order valence-corrected chi connectivity index (χ1v) is 5.51. The fourth-order valence-corrected chi connectivity index (χ4v) is 2.10. The van der Waals surface area contributed by atoms with Crippen molar-refractivity contribution >= 4 is 5.69 Å². The molecule has 1 heterocycles. The van der Waals surface area contributed by atoms with Gasteiger partial charge in [0.2, 0.25) is 0 Å². The lowest BCUT2D eigenvalue weighted by Crippen LogP contribution is -2.38. The first-order valence-electron chi connectivity index (χ1n) is 5.51. The number of piperidine rings is 1. The summed E-state index contributed by atoms with van der Waals surface area (Å²) in [6.45, 7) is 0.935. The maximum Gasteiger partial charge on any atom is 0.116 e. The first-order chi connectivity index (χ1) is 7.85. The van der Waals surface area contributed by atoms with Gasteiger partial charge in [-0.05, 0) is 43.5 Å². The molecule has 1 fully saturated rings. The van der Waals surface area contributed by atoms with Crippen LogP contribution in [-0.4, -0.2) is 12.6 Å². The highest BCUT2D eigenvalue weighted by atomic mass is 15.2. The molecular weight excluding hydrogens is 198 g/mol. The van der Waals surface area contributed by atoms with Crippen molar-refractivity contribution in [3.8, 4) is 12.1 Å². The summed E-state index contributed by atoms with van der Waals surface area (Å²) >= 11 is 0. The Hall–Kier alpha value is -2.00. The molecule has 0 radical (unpaired) electrons. The number of anilines is 1. The number of rotatable bonds is 1. The van der Waals surface area contributed by atoms with E-state index in [0.717, 1.165) is 31.5 Å². The molecular formula is C13H13N3. The van der Waals surface area contributed by atoms with Crippen LogP contribution in [-0.2, 0) is 0 Å². The first kappa shape index (κ1) is 10.5. The van der Waals surface area contributed by atoms with Gasteiger partial charge in [-0.25, -0.2) is 0 Å². The molecule has 0 aliphatic carbocycles. The molecule has 1 aromatic carbocycles. The third-order valence-corrected chi connectivity index (χ3v) is 2.98. The van der Waals surface area contributed by atoms with E-state index >= 15 is 0 Å². The molecule has 80 valence electrons. The highest BCUT2D eigenvalue weighted by Crippen LogP contribution is 2.24. The minimum absolute atomic E-state index is 0.0123. The van der Waals surface area contributed by atoms with E-state index in [-0.39, 0.29) is 6.04 Å². The van der Waals surface area contributed by atoms with Crippen LogP contribution in [0, 0.1) is 22.7 Å². The Morgan fingerprint density at radius 1 is 1.12 bits per heavy atom. The highest BCUT2D eigenvalue weighted by Gasteiger charge is 2.21. The molecule has 0 amide bonds. The van der Waals surface area contributed by atoms with Crippen LogP contribution in [0.5, 0.6) is 0 Å². The number of nitriles is 2. The summed E-state index contributed by atoms with van der Waals surface area (Å²) in [5, 5.41) is 17.8. The zero-order chi connectivity index (χ0) is 11.4. The molecule has 1 aromatic rings. The Bertz CT molecular complexity index is 436. The van der Waals surface area contributed by atoms with Gasteiger partial charge in [0.25, 0.3) is 0 Å². The average molecular weight is 211 g/mol. The Labute approximate surface area is 95.5 Å². The molecule has 1 unspecified atom stereocenters. The number of nitrogens with zero attached hydrogens (tertiary/aromatic N) is 3. The largest absolute Gasteiger partial charge is 0.356 e. The van der Waals surface area contributed by atoms with Gasteiger partial charge >= 0.3 is 0 Å². The van der Waals surface area contributed by atoms with Crippen molar-refractivity contribution in [3.63, 3.8) is 0 Å². The lowest BCUT2D eigenvalue weighted by atomic mass is 10.0. The second-order valence-corrected chi connectivity index (χ2v) is 3.99. The van der Waals surface area contributed by atoms with E-state index in [9.17, 15) is 0 Å². The summed E-state index contributed by atoms with van der Waals surface area (Å²) in [6.07, 6.45) is 3.21. The molecule has 0 aromatic heterocycles. The van der Waals surface area contributed by atoms with Crippen molar-refractivity contribution in [1.82, 2.24) is 0 Å². The zero-order valence-corrected chi connectivity index (χ0v) is 9.06. The van der Waals surface area contributed by atoms with Crippen LogP contribution in [0.2, 0.25) is 0 Å². The standard InChI is InChI=1S/C13H13N3/c14-9-11-4-6-12(7-5-11)16-8-2-1-3-13(16)10-15/h4-7,13H,1-3,8H2. The third-order valence-electron chi connectivity index (χ3n) is 2.98. The van der Waals surface area contributed by atoms with Crippen LogP contribution < -0.4 is 4.90 Å². The topological polar surface area (TPSA) is 50.8 Å². The molecule has 2 rings (SSSR count). The fourth-order valence-electron chi connectivity index (χ4n) is 2.10. The van der Waals surface area contributed by atoms with Gasteiger partial charge in [0, 0.05) is 12.2 Å². The second-order valence-electron chi connectivity index (χ2n) is 3.99. The van der Waals surface area contributed by atoms with Crippen molar-refractivity contribution in [2.24, 2.45) is 0 Å². The average Bonchev–Trinajstić information content (AvgIpc) is 2.39. The minimum atomic E-state index is -0.0123. The van der Waals surface area contributed by atoms with Crippen LogP contribution >= 0.6 is 0 Å². The van der Waals surface area contributed by atoms with Gasteiger partial charge in [-0.3, -0.25) is 0 Å². The van der Waals surface area contributed by atoms with E-state index in [2.05, 4.69) is 17.0 Å². The summed E-state index contributed by atoms with van der Waals surface area (Å²) < 4.78 is 0. The number of benzene rings is 1. The summed E-state index contributed by atoms with van der Waals surface area (Å²) in [5.74, 6) is 0. The van der Waals surface area contributed by atoms with E-state index in [1.165, 1.54) is 0 Å². The lowest BCUT2D eigenvalue weighted by Gasteiger charge is -2.33. The van der Waals surface area contributed by atoms with Gasteiger partial charge < -0.3 is 4.90 Å². The maximum absolute atomic E-state index is 9.08. The Morgan fingerprint density at radius 3 is 2.50 bits per heavy atom. The van der Waals surface area contributed by atoms with E-state index < -0.39 is 0 Å². The smallest absolute Gasteiger partial charge is 0.116 e. The van der Waals surface area contributed by atoms with Crippen LogP contribution in [0.3, 0.4) is 0 Å². The van der Waals surface area contributed by atoms with E-state index in [4.69, 9.17) is 10.5 Å². The maximum atomic E-state index is 9.08. The van der Waals surface area contributed by atoms with E-state index in [1.54, 1.807) is 12.1 Å². The van der Waals surface area contributed by atoms with Crippen LogP contribution in [0.1, 0.15) is 24.8 Å². The predicted octanol–water partition coefficient (Wildman–Crippen LogP) is 2.44. The fraction of sp³-hybridized carbons (Fsp3) is 0.385. The summed E-state index contributed by atoms with van der Waals surface area (Å²) in [4.78, 5) is 2.13. The minimum Gasteiger partial charge on any atom is -0.356 e. The Balaban J connectivity index is 2.22. The molecule has 1 aliphatic heterocycles. The molecule has 0 saturated carbocycles. The second kappa shape index (κ2) is 4.68. The van der Waals surface area contributed by atoms with Gasteiger partial charge in [0.05, 0.1) is 17.7 Å². The Kier molecular flexibility index (Phi) is 3.08. The van der Waals surface area contributed by atoms with E-state index in [0.29, 0.717) is 5.56 Å². The molecule has 3 nitrogen and oxygen atoms in total. The van der Waals surface area contributed by atoms with Crippen molar-refractivity contribution < 1.29 is 0 Å². The normalized spacial score (nSPS) is 19.9. The van der Waals surface area contributed by atoms with E-state index in [1.807, 2.05) is 12.1 Å². The molecule has 1 saturated heterocycles. The summed E-state index contributed by atoms with van der Waals surface area (Å²) in [6, 6.07) is 11.9. The predicted molar refractivity (Wildman–Crippen MR) is 61.8 cm³/mol. The van der Waals surface area contributed by atoms with Crippen LogP contribution in [0.15, 0.2) is 24.3 Å². The molecule has 3 heteroatoms. The SMILES string of the molecule is N#Cc1ccc(N2CCCCC2C#N)cc1. The number of hydrogen-bond acceptors (Lipinski definition) is 3. The third kappa shape index (κ3) is 1.99. The van der Waals surface area contributed by atoms with Gasteiger partial charge in [-0.2, -0.15) is 10.5 Å². The van der Waals surface area contributed by atoms with Gasteiger partial charge in [0.1, 0.15) is 6.04 Å². The molecule has 16 heavy (non-hydrogen) atoms. The molecule has 1 aliphatic rings. The lowest BCUT2D eigenvalue weighted by molar-refractivity contribution is 0.521. The Morgan fingerprint density at radius 2 is 1.88 bits per heavy atom. The van der Waals surface area contributed by atoms with Crippen molar-refractivity contribution in [2.75, 3.05) is 11.4 Å².